The largest absolute Gasteiger partial charge is 0.459 e. The number of ether oxygens (including phenoxy) is 2. The Morgan fingerprint density at radius 2 is 1.89 bits per heavy atom. The van der Waals surface area contributed by atoms with Gasteiger partial charge in [0, 0.05) is 7.11 Å². The number of aliphatic hydroxyl groups is 1. The number of carbonyl (C=O) groups excluding carboxylic acids is 1. The SMILES string of the molecule is CO[C@H]1/C=C\C[C@@H](O)C[C@H]2C(C)=CC[C@H](C(C)C)[C@H]2C[C@@H]1OC(=O)C(C)(C)C. The van der Waals surface area contributed by atoms with Crippen molar-refractivity contribution in [1.82, 2.24) is 0 Å². The molecular formula is C24H40O4. The van der Waals surface area contributed by atoms with Crippen molar-refractivity contribution >= 4 is 5.97 Å². The van der Waals surface area contributed by atoms with E-state index in [2.05, 4.69) is 26.8 Å². The van der Waals surface area contributed by atoms with Crippen LogP contribution in [0.2, 0.25) is 0 Å². The average Bonchev–Trinajstić information content (AvgIpc) is 2.59. The number of hydrogen-bond donors (Lipinski definition) is 1. The normalized spacial score (nSPS) is 35.7. The molecule has 0 amide bonds. The van der Waals surface area contributed by atoms with E-state index >= 15 is 0 Å². The van der Waals surface area contributed by atoms with Crippen LogP contribution in [-0.4, -0.2) is 36.5 Å². The molecule has 0 bridgehead atoms. The first-order chi connectivity index (χ1) is 13.0. The van der Waals surface area contributed by atoms with Crippen LogP contribution in [0.5, 0.6) is 0 Å². The number of fused-ring (bicyclic) bond motifs is 1. The van der Waals surface area contributed by atoms with Gasteiger partial charge in [-0.1, -0.05) is 37.6 Å². The molecule has 0 saturated carbocycles. The maximum absolute atomic E-state index is 12.7. The van der Waals surface area contributed by atoms with E-state index in [9.17, 15) is 9.90 Å². The minimum Gasteiger partial charge on any atom is -0.459 e. The Kier molecular flexibility index (Phi) is 7.92. The van der Waals surface area contributed by atoms with Crippen LogP contribution in [0.15, 0.2) is 23.8 Å². The summed E-state index contributed by atoms with van der Waals surface area (Å²) < 4.78 is 11.8. The summed E-state index contributed by atoms with van der Waals surface area (Å²) in [6.45, 7) is 12.4. The summed E-state index contributed by atoms with van der Waals surface area (Å²) in [7, 11) is 1.67. The highest BCUT2D eigenvalue weighted by Crippen LogP contribution is 2.45. The summed E-state index contributed by atoms with van der Waals surface area (Å²) in [5.74, 6) is 1.54. The topological polar surface area (TPSA) is 55.8 Å². The van der Waals surface area contributed by atoms with Crippen molar-refractivity contribution in [2.75, 3.05) is 7.11 Å². The van der Waals surface area contributed by atoms with Crippen molar-refractivity contribution < 1.29 is 19.4 Å². The van der Waals surface area contributed by atoms with Crippen molar-refractivity contribution in [3.05, 3.63) is 23.8 Å². The Bertz CT molecular complexity index is 584. The molecule has 0 aromatic heterocycles. The minimum atomic E-state index is -0.549. The highest BCUT2D eigenvalue weighted by Gasteiger charge is 2.40. The number of aliphatic hydroxyl groups excluding tert-OH is 1. The second-order valence-corrected chi connectivity index (χ2v) is 10.0. The van der Waals surface area contributed by atoms with Crippen molar-refractivity contribution in [2.24, 2.45) is 29.1 Å². The molecule has 160 valence electrons. The van der Waals surface area contributed by atoms with Crippen molar-refractivity contribution in [2.45, 2.75) is 85.5 Å². The van der Waals surface area contributed by atoms with Gasteiger partial charge in [-0.3, -0.25) is 4.79 Å². The Hall–Kier alpha value is -1.13. The molecule has 0 aliphatic heterocycles. The van der Waals surface area contributed by atoms with Crippen LogP contribution in [0.1, 0.15) is 67.2 Å². The first kappa shape index (κ1) is 23.2. The van der Waals surface area contributed by atoms with Gasteiger partial charge in [-0.05, 0) is 77.0 Å². The summed E-state index contributed by atoms with van der Waals surface area (Å²) >= 11 is 0. The lowest BCUT2D eigenvalue weighted by Crippen LogP contribution is -2.42. The zero-order chi connectivity index (χ0) is 21.1. The van der Waals surface area contributed by atoms with Gasteiger partial charge in [-0.2, -0.15) is 0 Å². The third kappa shape index (κ3) is 5.70. The Labute approximate surface area is 171 Å². The quantitative estimate of drug-likeness (QED) is 0.547. The van der Waals surface area contributed by atoms with Crippen LogP contribution in [0.3, 0.4) is 0 Å². The van der Waals surface area contributed by atoms with Gasteiger partial charge in [0.1, 0.15) is 12.2 Å². The molecule has 0 saturated heterocycles. The van der Waals surface area contributed by atoms with E-state index in [1.165, 1.54) is 5.57 Å². The second-order valence-electron chi connectivity index (χ2n) is 10.0. The van der Waals surface area contributed by atoms with Gasteiger partial charge < -0.3 is 14.6 Å². The van der Waals surface area contributed by atoms with E-state index in [1.54, 1.807) is 7.11 Å². The number of allylic oxidation sites excluding steroid dienone is 2. The summed E-state index contributed by atoms with van der Waals surface area (Å²) in [4.78, 5) is 12.7. The van der Waals surface area contributed by atoms with Crippen LogP contribution in [0, 0.1) is 29.1 Å². The molecule has 2 aliphatic carbocycles. The fourth-order valence-electron chi connectivity index (χ4n) is 4.70. The van der Waals surface area contributed by atoms with E-state index in [1.807, 2.05) is 32.9 Å². The third-order valence-electron chi connectivity index (χ3n) is 6.49. The molecule has 2 aliphatic rings. The lowest BCUT2D eigenvalue weighted by molar-refractivity contribution is -0.166. The molecule has 28 heavy (non-hydrogen) atoms. The number of hydrogen-bond acceptors (Lipinski definition) is 4. The maximum Gasteiger partial charge on any atom is 0.311 e. The summed E-state index contributed by atoms with van der Waals surface area (Å²) in [5, 5.41) is 10.6. The van der Waals surface area contributed by atoms with E-state index in [0.717, 1.165) is 19.3 Å². The van der Waals surface area contributed by atoms with Gasteiger partial charge in [-0.25, -0.2) is 0 Å². The summed E-state index contributed by atoms with van der Waals surface area (Å²) in [6, 6.07) is 0. The Balaban J connectivity index is 2.41. The highest BCUT2D eigenvalue weighted by molar-refractivity contribution is 5.75. The summed E-state index contributed by atoms with van der Waals surface area (Å²) in [6.07, 6.45) is 8.48. The fraction of sp³-hybridized carbons (Fsp3) is 0.792. The van der Waals surface area contributed by atoms with Gasteiger partial charge in [-0.15, -0.1) is 0 Å². The molecule has 1 N–H and O–H groups in total. The number of esters is 1. The predicted molar refractivity (Wildman–Crippen MR) is 113 cm³/mol. The zero-order valence-corrected chi connectivity index (χ0v) is 18.8. The lowest BCUT2D eigenvalue weighted by Gasteiger charge is -2.43. The molecule has 0 unspecified atom stereocenters. The molecule has 0 aromatic rings. The molecule has 0 heterocycles. The van der Waals surface area contributed by atoms with E-state index < -0.39 is 5.41 Å². The second kappa shape index (κ2) is 9.58. The number of methoxy groups -OCH3 is 1. The standard InChI is InChI=1S/C24H40O4/c1-15(2)18-12-11-16(3)19-13-17(25)9-8-10-21(27-7)22(14-20(18)19)28-23(26)24(4,5)6/h8,10-11,15,17-22,25H,9,12-14H2,1-7H3/b10-8-/t17-,18-,19+,20-,21+,22+/m1/s1. The Morgan fingerprint density at radius 3 is 2.46 bits per heavy atom. The fourth-order valence-corrected chi connectivity index (χ4v) is 4.70. The molecule has 4 nitrogen and oxygen atoms in total. The first-order valence-corrected chi connectivity index (χ1v) is 10.8. The molecule has 0 aromatic carbocycles. The van der Waals surface area contributed by atoms with Crippen molar-refractivity contribution in [3.8, 4) is 0 Å². The number of rotatable bonds is 3. The van der Waals surface area contributed by atoms with Crippen LogP contribution in [0.25, 0.3) is 0 Å². The predicted octanol–water partition coefficient (Wildman–Crippen LogP) is 4.91. The summed E-state index contributed by atoms with van der Waals surface area (Å²) in [5.41, 5.74) is 0.813. The van der Waals surface area contributed by atoms with E-state index in [-0.39, 0.29) is 24.3 Å². The van der Waals surface area contributed by atoms with Crippen molar-refractivity contribution in [1.29, 1.82) is 0 Å². The zero-order valence-electron chi connectivity index (χ0n) is 18.8. The van der Waals surface area contributed by atoms with Gasteiger partial charge in [0.05, 0.1) is 11.5 Å². The Morgan fingerprint density at radius 1 is 1.21 bits per heavy atom. The molecule has 0 radical (unpaired) electrons. The minimum absolute atomic E-state index is 0.189. The average molecular weight is 393 g/mol. The van der Waals surface area contributed by atoms with Gasteiger partial charge >= 0.3 is 5.97 Å². The van der Waals surface area contributed by atoms with Crippen molar-refractivity contribution in [3.63, 3.8) is 0 Å². The highest BCUT2D eigenvalue weighted by atomic mass is 16.6. The molecule has 0 fully saturated rings. The molecule has 6 atom stereocenters. The van der Waals surface area contributed by atoms with E-state index in [0.29, 0.717) is 30.1 Å². The van der Waals surface area contributed by atoms with Crippen LogP contribution >= 0.6 is 0 Å². The molecule has 2 rings (SSSR count). The van der Waals surface area contributed by atoms with E-state index in [4.69, 9.17) is 9.47 Å². The third-order valence-corrected chi connectivity index (χ3v) is 6.49. The maximum atomic E-state index is 12.7. The molecule has 4 heteroatoms. The molecule has 0 spiro atoms. The van der Waals surface area contributed by atoms with Gasteiger partial charge in [0.2, 0.25) is 0 Å². The molecular weight excluding hydrogens is 352 g/mol. The number of carbonyl (C=O) groups is 1. The smallest absolute Gasteiger partial charge is 0.311 e. The lowest BCUT2D eigenvalue weighted by atomic mass is 9.64. The van der Waals surface area contributed by atoms with Gasteiger partial charge in [0.15, 0.2) is 0 Å². The van der Waals surface area contributed by atoms with Crippen LogP contribution in [0.4, 0.5) is 0 Å². The van der Waals surface area contributed by atoms with Gasteiger partial charge in [0.25, 0.3) is 0 Å². The monoisotopic (exact) mass is 392 g/mol. The van der Waals surface area contributed by atoms with Crippen LogP contribution in [-0.2, 0) is 14.3 Å². The first-order valence-electron chi connectivity index (χ1n) is 10.8. The van der Waals surface area contributed by atoms with Crippen LogP contribution < -0.4 is 0 Å².